The van der Waals surface area contributed by atoms with E-state index < -0.39 is 0 Å². The van der Waals surface area contributed by atoms with Gasteiger partial charge in [0.1, 0.15) is 6.54 Å². The molecule has 1 aliphatic rings. The summed E-state index contributed by atoms with van der Waals surface area (Å²) in [4.78, 5) is 16.4. The van der Waals surface area contributed by atoms with Crippen LogP contribution in [0.1, 0.15) is 13.3 Å². The van der Waals surface area contributed by atoms with Crippen LogP contribution in [0.2, 0.25) is 0 Å². The normalized spacial score (nSPS) is 18.9. The van der Waals surface area contributed by atoms with E-state index in [2.05, 4.69) is 22.3 Å². The Kier molecular flexibility index (Phi) is 4.26. The first-order chi connectivity index (χ1) is 10.3. The van der Waals surface area contributed by atoms with Crippen molar-refractivity contribution in [3.63, 3.8) is 0 Å². The molecule has 0 saturated carbocycles. The highest BCUT2D eigenvalue weighted by atomic mass is 32.1. The van der Waals surface area contributed by atoms with Crippen molar-refractivity contribution < 1.29 is 9.53 Å². The Morgan fingerprint density at radius 1 is 1.57 bits per heavy atom. The van der Waals surface area contributed by atoms with Crippen molar-refractivity contribution in [1.82, 2.24) is 25.1 Å². The largest absolute Gasteiger partial charge is 0.375 e. The van der Waals surface area contributed by atoms with Gasteiger partial charge in [-0.2, -0.15) is 4.80 Å². The maximum atomic E-state index is 12.3. The van der Waals surface area contributed by atoms with Crippen LogP contribution in [0.25, 0.3) is 10.7 Å². The van der Waals surface area contributed by atoms with E-state index in [1.807, 2.05) is 22.4 Å². The molecule has 1 atom stereocenters. The molecule has 21 heavy (non-hydrogen) atoms. The molecule has 112 valence electrons. The second-order valence-electron chi connectivity index (χ2n) is 4.86. The van der Waals surface area contributed by atoms with Gasteiger partial charge in [0.25, 0.3) is 0 Å². The highest BCUT2D eigenvalue weighted by Gasteiger charge is 2.23. The Morgan fingerprint density at radius 2 is 2.48 bits per heavy atom. The van der Waals surface area contributed by atoms with Crippen molar-refractivity contribution in [2.75, 3.05) is 19.7 Å². The molecule has 0 aliphatic carbocycles. The monoisotopic (exact) mass is 307 g/mol. The minimum absolute atomic E-state index is 0.00637. The zero-order valence-electron chi connectivity index (χ0n) is 11.8. The molecular weight excluding hydrogens is 290 g/mol. The van der Waals surface area contributed by atoms with Crippen LogP contribution in [0.4, 0.5) is 0 Å². The smallest absolute Gasteiger partial charge is 0.246 e. The number of nitrogens with zero attached hydrogens (tertiary/aromatic N) is 5. The van der Waals surface area contributed by atoms with Gasteiger partial charge in [-0.15, -0.1) is 21.5 Å². The summed E-state index contributed by atoms with van der Waals surface area (Å²) in [5.74, 6) is 0.568. The van der Waals surface area contributed by atoms with Gasteiger partial charge in [0.2, 0.25) is 11.7 Å². The van der Waals surface area contributed by atoms with Crippen LogP contribution in [0.15, 0.2) is 17.5 Å². The summed E-state index contributed by atoms with van der Waals surface area (Å²) in [5.41, 5.74) is 0. The van der Waals surface area contributed by atoms with Gasteiger partial charge in [0.05, 0.1) is 17.6 Å². The standard InChI is InChI=1S/C13H17N5O2S/c1-2-10-8-17(5-6-20-10)12(19)9-18-15-13(14-16-18)11-4-3-7-21-11/h3-4,7,10H,2,5-6,8-9H2,1H3. The van der Waals surface area contributed by atoms with Gasteiger partial charge in [0, 0.05) is 13.1 Å². The SMILES string of the molecule is CCC1CN(C(=O)Cn2nnc(-c3cccs3)n2)CCO1. The molecule has 8 heteroatoms. The third kappa shape index (κ3) is 3.27. The van der Waals surface area contributed by atoms with Crippen molar-refractivity contribution in [1.29, 1.82) is 0 Å². The number of rotatable bonds is 4. The molecule has 3 heterocycles. The third-order valence-electron chi connectivity index (χ3n) is 3.42. The van der Waals surface area contributed by atoms with Crippen LogP contribution in [-0.4, -0.2) is 56.8 Å². The first kappa shape index (κ1) is 14.2. The van der Waals surface area contributed by atoms with Crippen LogP contribution in [0.5, 0.6) is 0 Å². The van der Waals surface area contributed by atoms with Gasteiger partial charge in [-0.25, -0.2) is 0 Å². The van der Waals surface area contributed by atoms with Gasteiger partial charge in [-0.3, -0.25) is 4.79 Å². The zero-order chi connectivity index (χ0) is 14.7. The van der Waals surface area contributed by atoms with E-state index in [9.17, 15) is 4.79 Å². The topological polar surface area (TPSA) is 73.1 Å². The molecule has 1 aliphatic heterocycles. The average molecular weight is 307 g/mol. The van der Waals surface area contributed by atoms with E-state index in [0.717, 1.165) is 11.3 Å². The first-order valence-corrected chi connectivity index (χ1v) is 7.85. The zero-order valence-corrected chi connectivity index (χ0v) is 12.6. The first-order valence-electron chi connectivity index (χ1n) is 6.97. The predicted molar refractivity (Wildman–Crippen MR) is 77.7 cm³/mol. The summed E-state index contributed by atoms with van der Waals surface area (Å²) in [6.45, 7) is 4.04. The van der Waals surface area contributed by atoms with E-state index in [-0.39, 0.29) is 18.6 Å². The quantitative estimate of drug-likeness (QED) is 0.844. The maximum Gasteiger partial charge on any atom is 0.246 e. The fourth-order valence-electron chi connectivity index (χ4n) is 2.23. The van der Waals surface area contributed by atoms with E-state index in [1.165, 1.54) is 4.80 Å². The highest BCUT2D eigenvalue weighted by molar-refractivity contribution is 7.13. The molecule has 1 unspecified atom stereocenters. The van der Waals surface area contributed by atoms with Crippen LogP contribution in [-0.2, 0) is 16.1 Å². The number of tetrazole rings is 1. The van der Waals surface area contributed by atoms with Gasteiger partial charge >= 0.3 is 0 Å². The molecule has 0 spiro atoms. The summed E-state index contributed by atoms with van der Waals surface area (Å²) in [6, 6.07) is 3.87. The van der Waals surface area contributed by atoms with E-state index in [4.69, 9.17) is 4.74 Å². The van der Waals surface area contributed by atoms with Crippen molar-refractivity contribution in [2.45, 2.75) is 26.0 Å². The van der Waals surface area contributed by atoms with E-state index in [0.29, 0.717) is 25.5 Å². The Morgan fingerprint density at radius 3 is 3.24 bits per heavy atom. The van der Waals surface area contributed by atoms with Crippen molar-refractivity contribution in [3.8, 4) is 10.7 Å². The summed E-state index contributed by atoms with van der Waals surface area (Å²) in [5, 5.41) is 14.1. The molecule has 0 radical (unpaired) electrons. The number of carbonyl (C=O) groups is 1. The molecule has 1 amide bonds. The molecule has 0 N–H and O–H groups in total. The lowest BCUT2D eigenvalue weighted by Gasteiger charge is -2.32. The number of morpholine rings is 1. The lowest BCUT2D eigenvalue weighted by molar-refractivity contribution is -0.139. The summed E-state index contributed by atoms with van der Waals surface area (Å²) in [7, 11) is 0. The summed E-state index contributed by atoms with van der Waals surface area (Å²) >= 11 is 1.55. The number of carbonyl (C=O) groups excluding carboxylic acids is 1. The molecule has 0 bridgehead atoms. The molecule has 2 aromatic heterocycles. The summed E-state index contributed by atoms with van der Waals surface area (Å²) in [6.07, 6.45) is 1.04. The maximum absolute atomic E-state index is 12.3. The molecule has 7 nitrogen and oxygen atoms in total. The number of hydrogen-bond acceptors (Lipinski definition) is 6. The minimum Gasteiger partial charge on any atom is -0.375 e. The lowest BCUT2D eigenvalue weighted by Crippen LogP contribution is -2.46. The van der Waals surface area contributed by atoms with Crippen molar-refractivity contribution in [3.05, 3.63) is 17.5 Å². The number of ether oxygens (including phenoxy) is 1. The minimum atomic E-state index is 0.00637. The second kappa shape index (κ2) is 6.31. The van der Waals surface area contributed by atoms with Crippen molar-refractivity contribution in [2.24, 2.45) is 0 Å². The Hall–Kier alpha value is -1.80. The number of hydrogen-bond donors (Lipinski definition) is 0. The lowest BCUT2D eigenvalue weighted by atomic mass is 10.2. The Bertz CT molecular complexity index is 597. The molecular formula is C13H17N5O2S. The molecule has 1 fully saturated rings. The molecule has 1 saturated heterocycles. The average Bonchev–Trinajstić information content (AvgIpc) is 3.18. The second-order valence-corrected chi connectivity index (χ2v) is 5.81. The molecule has 3 rings (SSSR count). The number of aromatic nitrogens is 4. The third-order valence-corrected chi connectivity index (χ3v) is 4.28. The van der Waals surface area contributed by atoms with E-state index in [1.54, 1.807) is 11.3 Å². The van der Waals surface area contributed by atoms with Gasteiger partial charge in [0.15, 0.2) is 0 Å². The summed E-state index contributed by atoms with van der Waals surface area (Å²) < 4.78 is 5.57. The van der Waals surface area contributed by atoms with Crippen LogP contribution < -0.4 is 0 Å². The van der Waals surface area contributed by atoms with Crippen molar-refractivity contribution >= 4 is 17.2 Å². The molecule has 2 aromatic rings. The number of thiophene rings is 1. The predicted octanol–water partition coefficient (Wildman–Crippen LogP) is 1.04. The van der Waals surface area contributed by atoms with Crippen LogP contribution in [0.3, 0.4) is 0 Å². The fraction of sp³-hybridized carbons (Fsp3) is 0.538. The highest BCUT2D eigenvalue weighted by Crippen LogP contribution is 2.19. The van der Waals surface area contributed by atoms with Gasteiger partial charge < -0.3 is 9.64 Å². The van der Waals surface area contributed by atoms with Crippen LogP contribution in [0, 0.1) is 0 Å². The van der Waals surface area contributed by atoms with Crippen LogP contribution >= 0.6 is 11.3 Å². The Labute approximate surface area is 126 Å². The molecule has 0 aromatic carbocycles. The fourth-order valence-corrected chi connectivity index (χ4v) is 2.88. The van der Waals surface area contributed by atoms with Gasteiger partial charge in [-0.05, 0) is 23.1 Å². The Balaban J connectivity index is 1.62. The van der Waals surface area contributed by atoms with Gasteiger partial charge in [-0.1, -0.05) is 13.0 Å². The van der Waals surface area contributed by atoms with E-state index >= 15 is 0 Å². The number of amides is 1.